The van der Waals surface area contributed by atoms with E-state index < -0.39 is 23.4 Å². The molecule has 0 aliphatic heterocycles. The standard InChI is InChI=1S/C19H22F2N4O2S/c1-12-11-14(28(26,27)25(9-7-20)10-8-21)3-4-15(12)16-5-6-17-18(13(16)2)19(22)24-23-17/h3-6,11H,7-10H2,1-2H3,(H3,22,23,24). The first-order valence-corrected chi connectivity index (χ1v) is 10.2. The molecule has 0 radical (unpaired) electrons. The molecular formula is C19H22F2N4O2S. The third-order valence-electron chi connectivity index (χ3n) is 4.81. The van der Waals surface area contributed by atoms with Gasteiger partial charge >= 0.3 is 0 Å². The summed E-state index contributed by atoms with van der Waals surface area (Å²) in [6, 6.07) is 8.48. The molecule has 3 aromatic rings. The number of alkyl halides is 2. The van der Waals surface area contributed by atoms with Crippen molar-refractivity contribution in [2.45, 2.75) is 18.7 Å². The average molecular weight is 408 g/mol. The van der Waals surface area contributed by atoms with E-state index in [1.54, 1.807) is 13.0 Å². The maximum absolute atomic E-state index is 12.7. The largest absolute Gasteiger partial charge is 0.382 e. The van der Waals surface area contributed by atoms with Gasteiger partial charge in [-0.05, 0) is 54.3 Å². The highest BCUT2D eigenvalue weighted by atomic mass is 32.2. The maximum atomic E-state index is 12.7. The number of nitrogens with one attached hydrogen (secondary N) is 1. The van der Waals surface area contributed by atoms with Crippen molar-refractivity contribution < 1.29 is 17.2 Å². The Morgan fingerprint density at radius 3 is 2.32 bits per heavy atom. The number of aryl methyl sites for hydroxylation is 2. The van der Waals surface area contributed by atoms with Crippen LogP contribution < -0.4 is 5.73 Å². The second kappa shape index (κ2) is 7.84. The number of hydrogen-bond acceptors (Lipinski definition) is 4. The third-order valence-corrected chi connectivity index (χ3v) is 6.71. The first-order chi connectivity index (χ1) is 13.3. The second-order valence-electron chi connectivity index (χ2n) is 6.53. The van der Waals surface area contributed by atoms with Crippen molar-refractivity contribution in [3.05, 3.63) is 41.5 Å². The Hall–Kier alpha value is -2.52. The van der Waals surface area contributed by atoms with Crippen molar-refractivity contribution in [3.63, 3.8) is 0 Å². The van der Waals surface area contributed by atoms with Gasteiger partial charge in [-0.3, -0.25) is 5.10 Å². The van der Waals surface area contributed by atoms with Crippen molar-refractivity contribution in [2.24, 2.45) is 0 Å². The van der Waals surface area contributed by atoms with Crippen molar-refractivity contribution in [2.75, 3.05) is 32.2 Å². The monoisotopic (exact) mass is 408 g/mol. The van der Waals surface area contributed by atoms with Crippen LogP contribution in [-0.2, 0) is 10.0 Å². The quantitative estimate of drug-likeness (QED) is 0.627. The van der Waals surface area contributed by atoms with Gasteiger partial charge in [-0.25, -0.2) is 17.2 Å². The second-order valence-corrected chi connectivity index (χ2v) is 8.47. The van der Waals surface area contributed by atoms with Gasteiger partial charge in [0.15, 0.2) is 5.82 Å². The van der Waals surface area contributed by atoms with Crippen LogP contribution in [0.3, 0.4) is 0 Å². The molecule has 0 saturated heterocycles. The summed E-state index contributed by atoms with van der Waals surface area (Å²) in [5, 5.41) is 7.71. The molecule has 2 aromatic carbocycles. The van der Waals surface area contributed by atoms with E-state index in [1.165, 1.54) is 12.1 Å². The molecule has 1 aromatic heterocycles. The van der Waals surface area contributed by atoms with Crippen LogP contribution in [0.4, 0.5) is 14.6 Å². The van der Waals surface area contributed by atoms with E-state index in [4.69, 9.17) is 5.73 Å². The summed E-state index contributed by atoms with van der Waals surface area (Å²) in [6.07, 6.45) is 0. The first kappa shape index (κ1) is 20.2. The number of sulfonamides is 1. The van der Waals surface area contributed by atoms with Crippen molar-refractivity contribution >= 4 is 26.7 Å². The predicted molar refractivity (Wildman–Crippen MR) is 106 cm³/mol. The van der Waals surface area contributed by atoms with Crippen LogP contribution in [0.2, 0.25) is 0 Å². The zero-order valence-electron chi connectivity index (χ0n) is 15.7. The molecule has 0 atom stereocenters. The van der Waals surface area contributed by atoms with E-state index in [2.05, 4.69) is 10.2 Å². The van der Waals surface area contributed by atoms with Crippen LogP contribution in [0.25, 0.3) is 22.0 Å². The van der Waals surface area contributed by atoms with Gasteiger partial charge in [-0.2, -0.15) is 9.40 Å². The fraction of sp³-hybridized carbons (Fsp3) is 0.316. The third kappa shape index (κ3) is 3.47. The van der Waals surface area contributed by atoms with Crippen molar-refractivity contribution in [3.8, 4) is 11.1 Å². The molecule has 0 bridgehead atoms. The Labute approximate surface area is 162 Å². The molecule has 0 unspecified atom stereocenters. The Bertz CT molecular complexity index is 1110. The fourth-order valence-corrected chi connectivity index (χ4v) is 4.87. The molecule has 28 heavy (non-hydrogen) atoms. The lowest BCUT2D eigenvalue weighted by Crippen LogP contribution is -2.34. The Kier molecular flexibility index (Phi) is 5.66. The number of H-pyrrole nitrogens is 1. The number of nitrogens with zero attached hydrogens (tertiary/aromatic N) is 2. The number of hydrogen-bond donors (Lipinski definition) is 2. The van der Waals surface area contributed by atoms with Gasteiger partial charge in [-0.15, -0.1) is 0 Å². The van der Waals surface area contributed by atoms with Crippen LogP contribution in [-0.4, -0.2) is 49.4 Å². The van der Waals surface area contributed by atoms with Crippen molar-refractivity contribution in [1.29, 1.82) is 0 Å². The molecule has 0 fully saturated rings. The van der Waals surface area contributed by atoms with Crippen LogP contribution in [0, 0.1) is 13.8 Å². The number of anilines is 1. The number of benzene rings is 2. The minimum atomic E-state index is -3.97. The van der Waals surface area contributed by atoms with E-state index in [0.29, 0.717) is 5.82 Å². The van der Waals surface area contributed by atoms with Crippen LogP contribution in [0.5, 0.6) is 0 Å². The predicted octanol–water partition coefficient (Wildman–Crippen LogP) is 3.36. The van der Waals surface area contributed by atoms with E-state index in [0.717, 1.165) is 37.5 Å². The van der Waals surface area contributed by atoms with Crippen LogP contribution >= 0.6 is 0 Å². The van der Waals surface area contributed by atoms with Gasteiger partial charge in [0.1, 0.15) is 13.3 Å². The number of nitrogens with two attached hydrogens (primary N) is 1. The zero-order valence-corrected chi connectivity index (χ0v) is 16.5. The molecule has 0 amide bonds. The van der Waals surface area contributed by atoms with Crippen LogP contribution in [0.15, 0.2) is 35.2 Å². The van der Waals surface area contributed by atoms with Crippen molar-refractivity contribution in [1.82, 2.24) is 14.5 Å². The topological polar surface area (TPSA) is 92.1 Å². The number of fused-ring (bicyclic) bond motifs is 1. The van der Waals surface area contributed by atoms with Gasteiger partial charge in [0, 0.05) is 18.5 Å². The van der Waals surface area contributed by atoms with Gasteiger partial charge in [0.2, 0.25) is 10.0 Å². The van der Waals surface area contributed by atoms with Gasteiger partial charge < -0.3 is 5.73 Å². The summed E-state index contributed by atoms with van der Waals surface area (Å²) >= 11 is 0. The molecule has 150 valence electrons. The lowest BCUT2D eigenvalue weighted by atomic mass is 9.94. The smallest absolute Gasteiger partial charge is 0.243 e. The Morgan fingerprint density at radius 2 is 1.71 bits per heavy atom. The summed E-state index contributed by atoms with van der Waals surface area (Å²) in [6.45, 7) is 1.23. The van der Waals surface area contributed by atoms with Gasteiger partial charge in [0.05, 0.1) is 10.4 Å². The lowest BCUT2D eigenvalue weighted by molar-refractivity contribution is 0.325. The number of halogens is 2. The molecule has 0 spiro atoms. The molecule has 3 N–H and O–H groups in total. The average Bonchev–Trinajstić information content (AvgIpc) is 3.04. The SMILES string of the molecule is Cc1cc(S(=O)(=O)N(CCF)CCF)ccc1-c1ccc2[nH]nc(N)c2c1C. The number of aromatic amines is 1. The van der Waals surface area contributed by atoms with E-state index in [9.17, 15) is 17.2 Å². The molecule has 0 aliphatic rings. The molecule has 6 nitrogen and oxygen atoms in total. The maximum Gasteiger partial charge on any atom is 0.243 e. The van der Waals surface area contributed by atoms with Gasteiger partial charge in [-0.1, -0.05) is 12.1 Å². The molecule has 0 aliphatic carbocycles. The van der Waals surface area contributed by atoms with Crippen LogP contribution in [0.1, 0.15) is 11.1 Å². The lowest BCUT2D eigenvalue weighted by Gasteiger charge is -2.20. The minimum absolute atomic E-state index is 0.0113. The highest BCUT2D eigenvalue weighted by molar-refractivity contribution is 7.89. The number of rotatable bonds is 7. The summed E-state index contributed by atoms with van der Waals surface area (Å²) in [7, 11) is -3.97. The summed E-state index contributed by atoms with van der Waals surface area (Å²) in [4.78, 5) is 0.0113. The summed E-state index contributed by atoms with van der Waals surface area (Å²) in [5.41, 5.74) is 10.2. The zero-order chi connectivity index (χ0) is 20.5. The molecule has 9 heteroatoms. The number of nitrogen functional groups attached to an aromatic ring is 1. The Morgan fingerprint density at radius 1 is 1.07 bits per heavy atom. The molecular weight excluding hydrogens is 386 g/mol. The highest BCUT2D eigenvalue weighted by Gasteiger charge is 2.25. The van der Waals surface area contributed by atoms with E-state index >= 15 is 0 Å². The van der Waals surface area contributed by atoms with Gasteiger partial charge in [0.25, 0.3) is 0 Å². The number of aromatic nitrogens is 2. The summed E-state index contributed by atoms with van der Waals surface area (Å²) < 4.78 is 51.7. The van der Waals surface area contributed by atoms with E-state index in [-0.39, 0.29) is 18.0 Å². The molecule has 3 rings (SSSR count). The Balaban J connectivity index is 2.06. The normalized spacial score (nSPS) is 12.2. The first-order valence-electron chi connectivity index (χ1n) is 8.77. The molecule has 0 saturated carbocycles. The fourth-order valence-electron chi connectivity index (χ4n) is 3.39. The van der Waals surface area contributed by atoms with E-state index in [1.807, 2.05) is 19.1 Å². The molecule has 1 heterocycles. The summed E-state index contributed by atoms with van der Waals surface area (Å²) in [5.74, 6) is 0.402. The highest BCUT2D eigenvalue weighted by Crippen LogP contribution is 2.34. The minimum Gasteiger partial charge on any atom is -0.382 e.